The first kappa shape index (κ1) is 14.9. The van der Waals surface area contributed by atoms with E-state index in [1.54, 1.807) is 6.07 Å². The number of nitrogens with zero attached hydrogens (tertiary/aromatic N) is 2. The van der Waals surface area contributed by atoms with Crippen LogP contribution in [0, 0.1) is 18.3 Å². The van der Waals surface area contributed by atoms with Crippen LogP contribution in [0.4, 0.5) is 10.5 Å². The second-order valence-corrected chi connectivity index (χ2v) is 6.37. The number of nitrogens with one attached hydrogen (secondary N) is 2. The number of urea groups is 1. The van der Waals surface area contributed by atoms with Crippen molar-refractivity contribution in [3.8, 4) is 6.07 Å². The molecule has 2 aliphatic rings. The SMILES string of the molecule is Cc1ccc(NC(=O)NCC23CCCN2CCC3)cc1C#N. The predicted molar refractivity (Wildman–Crippen MR) is 85.7 cm³/mol. The molecule has 22 heavy (non-hydrogen) atoms. The second-order valence-electron chi connectivity index (χ2n) is 6.37. The lowest BCUT2D eigenvalue weighted by Gasteiger charge is -2.32. The Morgan fingerprint density at radius 1 is 1.36 bits per heavy atom. The summed E-state index contributed by atoms with van der Waals surface area (Å²) >= 11 is 0. The molecule has 0 unspecified atom stereocenters. The molecule has 0 atom stereocenters. The van der Waals surface area contributed by atoms with Gasteiger partial charge >= 0.3 is 6.03 Å². The number of anilines is 1. The van der Waals surface area contributed by atoms with E-state index in [4.69, 9.17) is 5.26 Å². The summed E-state index contributed by atoms with van der Waals surface area (Å²) in [6.45, 7) is 4.91. The van der Waals surface area contributed by atoms with Gasteiger partial charge in [-0.3, -0.25) is 4.90 Å². The average molecular weight is 298 g/mol. The molecule has 5 heteroatoms. The summed E-state index contributed by atoms with van der Waals surface area (Å²) in [6, 6.07) is 7.33. The van der Waals surface area contributed by atoms with Gasteiger partial charge in [0.25, 0.3) is 0 Å². The predicted octanol–water partition coefficient (Wildman–Crippen LogP) is 2.62. The third-order valence-electron chi connectivity index (χ3n) is 5.01. The fraction of sp³-hybridized carbons (Fsp3) is 0.529. The van der Waals surface area contributed by atoms with Crippen molar-refractivity contribution in [1.29, 1.82) is 5.26 Å². The quantitative estimate of drug-likeness (QED) is 0.901. The Balaban J connectivity index is 1.58. The summed E-state index contributed by atoms with van der Waals surface area (Å²) < 4.78 is 0. The second kappa shape index (κ2) is 5.98. The zero-order chi connectivity index (χ0) is 15.6. The first-order chi connectivity index (χ1) is 10.6. The lowest BCUT2D eigenvalue weighted by atomic mass is 9.94. The van der Waals surface area contributed by atoms with Crippen LogP contribution in [0.5, 0.6) is 0 Å². The number of hydrogen-bond acceptors (Lipinski definition) is 3. The van der Waals surface area contributed by atoms with Gasteiger partial charge in [-0.15, -0.1) is 0 Å². The lowest BCUT2D eigenvalue weighted by Crippen LogP contribution is -2.49. The molecule has 2 heterocycles. The number of hydrogen-bond donors (Lipinski definition) is 2. The average Bonchev–Trinajstić information content (AvgIpc) is 3.07. The van der Waals surface area contributed by atoms with Gasteiger partial charge in [0.15, 0.2) is 0 Å². The van der Waals surface area contributed by atoms with E-state index in [2.05, 4.69) is 21.6 Å². The lowest BCUT2D eigenvalue weighted by molar-refractivity contribution is 0.189. The van der Waals surface area contributed by atoms with Crippen LogP contribution in [0.2, 0.25) is 0 Å². The standard InChI is InChI=1S/C17H22N4O/c1-13-4-5-15(10-14(13)11-18)20-16(22)19-12-17-6-2-8-21(17)9-3-7-17/h4-5,10H,2-3,6-9,12H2,1H3,(H2,19,20,22). The summed E-state index contributed by atoms with van der Waals surface area (Å²) in [5.41, 5.74) is 2.35. The van der Waals surface area contributed by atoms with Crippen LogP contribution in [0.1, 0.15) is 36.8 Å². The van der Waals surface area contributed by atoms with Crippen molar-refractivity contribution in [2.24, 2.45) is 0 Å². The molecule has 2 fully saturated rings. The van der Waals surface area contributed by atoms with Gasteiger partial charge in [-0.2, -0.15) is 5.26 Å². The summed E-state index contributed by atoms with van der Waals surface area (Å²) in [5, 5.41) is 14.9. The Bertz CT molecular complexity index is 610. The van der Waals surface area contributed by atoms with Crippen LogP contribution in [0.3, 0.4) is 0 Å². The van der Waals surface area contributed by atoms with Crippen LogP contribution in [0.25, 0.3) is 0 Å². The van der Waals surface area contributed by atoms with Gasteiger partial charge in [0, 0.05) is 17.8 Å². The Morgan fingerprint density at radius 2 is 2.09 bits per heavy atom. The molecule has 1 aromatic carbocycles. The Morgan fingerprint density at radius 3 is 2.77 bits per heavy atom. The maximum absolute atomic E-state index is 12.1. The molecule has 116 valence electrons. The summed E-state index contributed by atoms with van der Waals surface area (Å²) in [6.07, 6.45) is 4.81. The number of aryl methyl sites for hydroxylation is 1. The van der Waals surface area contributed by atoms with E-state index < -0.39 is 0 Å². The van der Waals surface area contributed by atoms with E-state index >= 15 is 0 Å². The molecule has 0 bridgehead atoms. The third-order valence-corrected chi connectivity index (χ3v) is 5.01. The van der Waals surface area contributed by atoms with E-state index in [-0.39, 0.29) is 11.6 Å². The Hall–Kier alpha value is -2.06. The number of rotatable bonds is 3. The van der Waals surface area contributed by atoms with Gasteiger partial charge in [0.05, 0.1) is 11.6 Å². The highest BCUT2D eigenvalue weighted by Crippen LogP contribution is 2.38. The summed E-state index contributed by atoms with van der Waals surface area (Å²) in [7, 11) is 0. The highest BCUT2D eigenvalue weighted by atomic mass is 16.2. The van der Waals surface area contributed by atoms with E-state index in [1.807, 2.05) is 19.1 Å². The van der Waals surface area contributed by atoms with Crippen molar-refractivity contribution in [3.05, 3.63) is 29.3 Å². The molecule has 0 aromatic heterocycles. The van der Waals surface area contributed by atoms with Crippen molar-refractivity contribution in [3.63, 3.8) is 0 Å². The molecule has 0 aliphatic carbocycles. The minimum atomic E-state index is -0.194. The van der Waals surface area contributed by atoms with Crippen molar-refractivity contribution in [2.45, 2.75) is 38.1 Å². The zero-order valence-corrected chi connectivity index (χ0v) is 13.0. The number of carbonyl (C=O) groups is 1. The number of benzene rings is 1. The molecule has 0 saturated carbocycles. The van der Waals surface area contributed by atoms with E-state index in [9.17, 15) is 4.79 Å². The smallest absolute Gasteiger partial charge is 0.319 e. The van der Waals surface area contributed by atoms with Gasteiger partial charge in [-0.1, -0.05) is 6.07 Å². The summed E-state index contributed by atoms with van der Waals surface area (Å²) in [5.74, 6) is 0. The third kappa shape index (κ3) is 2.79. The van der Waals surface area contributed by atoms with Crippen LogP contribution < -0.4 is 10.6 Å². The molecular weight excluding hydrogens is 276 g/mol. The van der Waals surface area contributed by atoms with Crippen LogP contribution in [-0.2, 0) is 0 Å². The topological polar surface area (TPSA) is 68.2 Å². The van der Waals surface area contributed by atoms with Crippen LogP contribution in [0.15, 0.2) is 18.2 Å². The van der Waals surface area contributed by atoms with Crippen molar-refractivity contribution < 1.29 is 4.79 Å². The molecule has 0 spiro atoms. The number of carbonyl (C=O) groups excluding carboxylic acids is 1. The molecule has 1 aromatic rings. The highest BCUT2D eigenvalue weighted by molar-refractivity contribution is 5.89. The van der Waals surface area contributed by atoms with Gasteiger partial charge in [-0.05, 0) is 63.4 Å². The molecule has 2 N–H and O–H groups in total. The molecule has 0 radical (unpaired) electrons. The highest BCUT2D eigenvalue weighted by Gasteiger charge is 2.44. The van der Waals surface area contributed by atoms with E-state index in [1.165, 1.54) is 25.7 Å². The maximum atomic E-state index is 12.1. The fourth-order valence-corrected chi connectivity index (χ4v) is 3.75. The van der Waals surface area contributed by atoms with Crippen LogP contribution >= 0.6 is 0 Å². The van der Waals surface area contributed by atoms with Gasteiger partial charge in [0.2, 0.25) is 0 Å². The van der Waals surface area contributed by atoms with Crippen molar-refractivity contribution >= 4 is 11.7 Å². The largest absolute Gasteiger partial charge is 0.336 e. The molecule has 5 nitrogen and oxygen atoms in total. The minimum Gasteiger partial charge on any atom is -0.336 e. The fourth-order valence-electron chi connectivity index (χ4n) is 3.75. The molecular formula is C17H22N4O. The molecule has 2 aliphatic heterocycles. The van der Waals surface area contributed by atoms with Gasteiger partial charge in [-0.25, -0.2) is 4.79 Å². The van der Waals surface area contributed by atoms with Gasteiger partial charge < -0.3 is 10.6 Å². The molecule has 2 saturated heterocycles. The summed E-state index contributed by atoms with van der Waals surface area (Å²) in [4.78, 5) is 14.6. The molecule has 3 rings (SSSR count). The number of amides is 2. The van der Waals surface area contributed by atoms with Crippen molar-refractivity contribution in [2.75, 3.05) is 25.0 Å². The van der Waals surface area contributed by atoms with Gasteiger partial charge in [0.1, 0.15) is 0 Å². The van der Waals surface area contributed by atoms with Crippen molar-refractivity contribution in [1.82, 2.24) is 10.2 Å². The first-order valence-corrected chi connectivity index (χ1v) is 7.94. The molecule has 2 amide bonds. The maximum Gasteiger partial charge on any atom is 0.319 e. The number of nitriles is 1. The Kier molecular flexibility index (Phi) is 4.04. The zero-order valence-electron chi connectivity index (χ0n) is 13.0. The van der Waals surface area contributed by atoms with Crippen LogP contribution in [-0.4, -0.2) is 36.1 Å². The minimum absolute atomic E-state index is 0.183. The first-order valence-electron chi connectivity index (χ1n) is 7.94. The van der Waals surface area contributed by atoms with E-state index in [0.29, 0.717) is 17.8 Å². The normalized spacial score (nSPS) is 19.5. The Labute approximate surface area is 131 Å². The monoisotopic (exact) mass is 298 g/mol. The number of fused-ring (bicyclic) bond motifs is 1. The van der Waals surface area contributed by atoms with E-state index in [0.717, 1.165) is 18.7 Å².